The summed E-state index contributed by atoms with van der Waals surface area (Å²) in [4.78, 5) is 40.6. The normalized spacial score (nSPS) is 15.6. The molecule has 0 aliphatic carbocycles. The van der Waals surface area contributed by atoms with Gasteiger partial charge in [-0.3, -0.25) is 9.59 Å². The highest BCUT2D eigenvalue weighted by Crippen LogP contribution is 2.25. The second kappa shape index (κ2) is 10.3. The molecular weight excluding hydrogens is 432 g/mol. The number of carbonyl (C=O) groups excluding carboxylic acids is 3. The van der Waals surface area contributed by atoms with Crippen LogP contribution in [0.2, 0.25) is 5.02 Å². The molecule has 0 saturated carbocycles. The third-order valence-electron chi connectivity index (χ3n) is 5.88. The van der Waals surface area contributed by atoms with Crippen LogP contribution >= 0.6 is 11.6 Å². The van der Waals surface area contributed by atoms with E-state index in [0.717, 1.165) is 12.8 Å². The van der Waals surface area contributed by atoms with E-state index in [4.69, 9.17) is 21.1 Å². The summed E-state index contributed by atoms with van der Waals surface area (Å²) >= 11 is 6.08. The topological polar surface area (TPSA) is 77.8 Å². The standard InChI is InChI=1S/C24H29ClN2O5/c1-5-27-16(3)21(15(2)22(27)24(30)31-4)20(28)14-26(13-19-10-7-11-32-19)23(29)17-8-6-9-18(25)12-17/h6,8-9,12,19H,5,7,10-11,13-14H2,1-4H3. The van der Waals surface area contributed by atoms with Gasteiger partial charge in [-0.25, -0.2) is 4.79 Å². The Morgan fingerprint density at radius 3 is 2.62 bits per heavy atom. The maximum Gasteiger partial charge on any atom is 0.354 e. The quantitative estimate of drug-likeness (QED) is 0.438. The molecule has 0 radical (unpaired) electrons. The molecule has 8 heteroatoms. The summed E-state index contributed by atoms with van der Waals surface area (Å²) in [5.74, 6) is -1.00. The van der Waals surface area contributed by atoms with Crippen molar-refractivity contribution in [3.8, 4) is 0 Å². The summed E-state index contributed by atoms with van der Waals surface area (Å²) in [5.41, 5.74) is 2.47. The van der Waals surface area contributed by atoms with Gasteiger partial charge in [-0.2, -0.15) is 0 Å². The number of amides is 1. The van der Waals surface area contributed by atoms with Gasteiger partial charge in [-0.1, -0.05) is 17.7 Å². The Kier molecular flexibility index (Phi) is 7.74. The van der Waals surface area contributed by atoms with Crippen LogP contribution in [0.1, 0.15) is 62.2 Å². The summed E-state index contributed by atoms with van der Waals surface area (Å²) in [6.45, 7) is 6.80. The lowest BCUT2D eigenvalue weighted by molar-refractivity contribution is 0.0506. The molecule has 3 rings (SSSR count). The van der Waals surface area contributed by atoms with Gasteiger partial charge in [-0.15, -0.1) is 0 Å². The number of benzene rings is 1. The third kappa shape index (κ3) is 4.89. The summed E-state index contributed by atoms with van der Waals surface area (Å²) in [6.07, 6.45) is 1.65. The van der Waals surface area contributed by atoms with E-state index in [1.807, 2.05) is 6.92 Å². The van der Waals surface area contributed by atoms with Gasteiger partial charge in [0.25, 0.3) is 5.91 Å². The van der Waals surface area contributed by atoms with Crippen LogP contribution in [0, 0.1) is 13.8 Å². The van der Waals surface area contributed by atoms with Crippen LogP contribution in [-0.4, -0.2) is 60.0 Å². The average Bonchev–Trinajstić information content (AvgIpc) is 3.37. The summed E-state index contributed by atoms with van der Waals surface area (Å²) in [5, 5.41) is 0.452. The number of hydrogen-bond acceptors (Lipinski definition) is 5. The van der Waals surface area contributed by atoms with E-state index in [1.165, 1.54) is 12.0 Å². The Bertz CT molecular complexity index is 1020. The number of aromatic nitrogens is 1. The molecule has 0 bridgehead atoms. The minimum Gasteiger partial charge on any atom is -0.464 e. The maximum atomic E-state index is 13.4. The lowest BCUT2D eigenvalue weighted by Crippen LogP contribution is -2.41. The monoisotopic (exact) mass is 460 g/mol. The van der Waals surface area contributed by atoms with Gasteiger partial charge in [0.2, 0.25) is 0 Å². The number of carbonyl (C=O) groups is 3. The van der Waals surface area contributed by atoms with Gasteiger partial charge in [0, 0.05) is 41.5 Å². The van der Waals surface area contributed by atoms with E-state index < -0.39 is 5.97 Å². The lowest BCUT2D eigenvalue weighted by Gasteiger charge is -2.25. The molecule has 1 aromatic heterocycles. The van der Waals surface area contributed by atoms with Crippen molar-refractivity contribution >= 4 is 29.3 Å². The number of nitrogens with zero attached hydrogens (tertiary/aromatic N) is 2. The van der Waals surface area contributed by atoms with E-state index >= 15 is 0 Å². The van der Waals surface area contributed by atoms with Crippen molar-refractivity contribution in [2.45, 2.75) is 46.3 Å². The van der Waals surface area contributed by atoms with Crippen molar-refractivity contribution in [3.05, 3.63) is 57.4 Å². The predicted molar refractivity (Wildman–Crippen MR) is 122 cm³/mol. The number of rotatable bonds is 8. The molecule has 2 aromatic rings. The molecule has 1 unspecified atom stereocenters. The molecule has 1 atom stereocenters. The molecule has 2 heterocycles. The fourth-order valence-corrected chi connectivity index (χ4v) is 4.56. The van der Waals surface area contributed by atoms with Crippen LogP contribution in [0.5, 0.6) is 0 Å². The van der Waals surface area contributed by atoms with E-state index in [9.17, 15) is 14.4 Å². The molecule has 0 spiro atoms. The van der Waals surface area contributed by atoms with Gasteiger partial charge in [-0.05, 0) is 57.4 Å². The van der Waals surface area contributed by atoms with Crippen LogP contribution in [0.15, 0.2) is 24.3 Å². The lowest BCUT2D eigenvalue weighted by atomic mass is 10.0. The molecule has 0 N–H and O–H groups in total. The molecule has 1 amide bonds. The Morgan fingerprint density at radius 1 is 1.28 bits per heavy atom. The second-order valence-electron chi connectivity index (χ2n) is 7.92. The number of ether oxygens (including phenoxy) is 2. The van der Waals surface area contributed by atoms with E-state index in [2.05, 4.69) is 0 Å². The van der Waals surface area contributed by atoms with Crippen LogP contribution in [-0.2, 0) is 16.0 Å². The third-order valence-corrected chi connectivity index (χ3v) is 6.12. The molecule has 1 fully saturated rings. The van der Waals surface area contributed by atoms with Crippen molar-refractivity contribution in [3.63, 3.8) is 0 Å². The van der Waals surface area contributed by atoms with Gasteiger partial charge >= 0.3 is 5.97 Å². The van der Waals surface area contributed by atoms with Crippen LogP contribution < -0.4 is 0 Å². The molecule has 32 heavy (non-hydrogen) atoms. The predicted octanol–water partition coefficient (Wildman–Crippen LogP) is 4.07. The summed E-state index contributed by atoms with van der Waals surface area (Å²) in [7, 11) is 1.32. The summed E-state index contributed by atoms with van der Waals surface area (Å²) in [6, 6.07) is 6.68. The van der Waals surface area contributed by atoms with Crippen molar-refractivity contribution in [1.82, 2.24) is 9.47 Å². The number of Topliss-reactive ketones (excluding diaryl/α,β-unsaturated/α-hetero) is 1. The van der Waals surface area contributed by atoms with Crippen molar-refractivity contribution < 1.29 is 23.9 Å². The highest BCUT2D eigenvalue weighted by molar-refractivity contribution is 6.31. The molecule has 1 saturated heterocycles. The second-order valence-corrected chi connectivity index (χ2v) is 8.36. The molecule has 1 aromatic carbocycles. The highest BCUT2D eigenvalue weighted by Gasteiger charge is 2.30. The fraction of sp³-hybridized carbons (Fsp3) is 0.458. The molecule has 1 aliphatic heterocycles. The average molecular weight is 461 g/mol. The number of esters is 1. The molecule has 7 nitrogen and oxygen atoms in total. The van der Waals surface area contributed by atoms with Crippen molar-refractivity contribution in [2.75, 3.05) is 26.8 Å². The molecular formula is C24H29ClN2O5. The van der Waals surface area contributed by atoms with Gasteiger partial charge < -0.3 is 18.9 Å². The zero-order chi connectivity index (χ0) is 23.4. The number of ketones is 1. The van der Waals surface area contributed by atoms with Crippen molar-refractivity contribution in [1.29, 1.82) is 0 Å². The van der Waals surface area contributed by atoms with Crippen LogP contribution in [0.3, 0.4) is 0 Å². The summed E-state index contributed by atoms with van der Waals surface area (Å²) < 4.78 is 12.4. The van der Waals surface area contributed by atoms with E-state index in [-0.39, 0.29) is 24.3 Å². The first-order valence-corrected chi connectivity index (χ1v) is 11.1. The Morgan fingerprint density at radius 2 is 2.03 bits per heavy atom. The minimum absolute atomic E-state index is 0.112. The Labute approximate surface area is 193 Å². The van der Waals surface area contributed by atoms with Gasteiger partial charge in [0.05, 0.1) is 19.8 Å². The zero-order valence-corrected chi connectivity index (χ0v) is 19.7. The minimum atomic E-state index is -0.488. The first-order chi connectivity index (χ1) is 15.3. The SMILES string of the molecule is CCn1c(C)c(C(=O)CN(CC2CCCO2)C(=O)c2cccc(Cl)c2)c(C)c1C(=O)OC. The fourth-order valence-electron chi connectivity index (χ4n) is 4.37. The Hall–Kier alpha value is -2.64. The van der Waals surface area contributed by atoms with Crippen LogP contribution in [0.25, 0.3) is 0 Å². The Balaban J connectivity index is 1.94. The first-order valence-electron chi connectivity index (χ1n) is 10.8. The first kappa shape index (κ1) is 24.0. The number of hydrogen-bond donors (Lipinski definition) is 0. The zero-order valence-electron chi connectivity index (χ0n) is 18.9. The van der Waals surface area contributed by atoms with E-state index in [1.54, 1.807) is 42.7 Å². The maximum absolute atomic E-state index is 13.4. The van der Waals surface area contributed by atoms with E-state index in [0.29, 0.717) is 52.8 Å². The van der Waals surface area contributed by atoms with Gasteiger partial charge in [0.1, 0.15) is 5.69 Å². The molecule has 172 valence electrons. The van der Waals surface area contributed by atoms with Crippen molar-refractivity contribution in [2.24, 2.45) is 0 Å². The number of methoxy groups -OCH3 is 1. The molecule has 1 aliphatic rings. The smallest absolute Gasteiger partial charge is 0.354 e. The largest absolute Gasteiger partial charge is 0.464 e. The van der Waals surface area contributed by atoms with Gasteiger partial charge in [0.15, 0.2) is 5.78 Å². The van der Waals surface area contributed by atoms with Crippen LogP contribution in [0.4, 0.5) is 0 Å². The highest BCUT2D eigenvalue weighted by atomic mass is 35.5. The number of halogens is 1.